The third-order valence-corrected chi connectivity index (χ3v) is 6.18. The first-order chi connectivity index (χ1) is 15.5. The van der Waals surface area contributed by atoms with E-state index in [9.17, 15) is 8.42 Å². The quantitative estimate of drug-likeness (QED) is 0.256. The molecule has 6 heteroatoms. The predicted molar refractivity (Wildman–Crippen MR) is 128 cm³/mol. The molecule has 0 fully saturated rings. The van der Waals surface area contributed by atoms with Crippen molar-refractivity contribution in [3.05, 3.63) is 96.1 Å². The van der Waals surface area contributed by atoms with Crippen LogP contribution in [0, 0.1) is 6.92 Å². The van der Waals surface area contributed by atoms with Crippen molar-refractivity contribution in [3.63, 3.8) is 0 Å². The molecule has 0 atom stereocenters. The van der Waals surface area contributed by atoms with Crippen molar-refractivity contribution in [3.8, 4) is 11.5 Å². The second kappa shape index (κ2) is 9.24. The Morgan fingerprint density at radius 2 is 1.59 bits per heavy atom. The third kappa shape index (κ3) is 4.81. The van der Waals surface area contributed by atoms with Crippen molar-refractivity contribution < 1.29 is 17.3 Å². The summed E-state index contributed by atoms with van der Waals surface area (Å²) in [7, 11) is -3.99. The van der Waals surface area contributed by atoms with E-state index in [0.717, 1.165) is 22.1 Å². The Hall–Kier alpha value is -3.64. The molecular formula is C26H23NO4S. The van der Waals surface area contributed by atoms with Gasteiger partial charge in [-0.15, -0.1) is 0 Å². The molecule has 4 aromatic rings. The standard InChI is InChI=1S/C26H23NO4S/c1-3-30-22-13-11-21(12-14-22)27-18-25-24-7-5-4-6-20(24)10-17-26(25)31-32(28,29)23-15-8-19(2)9-16-23/h4-18H,3H2,1-2H3. The van der Waals surface area contributed by atoms with Crippen molar-refractivity contribution in [1.82, 2.24) is 0 Å². The topological polar surface area (TPSA) is 65.0 Å². The Balaban J connectivity index is 1.73. The fourth-order valence-corrected chi connectivity index (χ4v) is 4.23. The van der Waals surface area contributed by atoms with Crippen LogP contribution in [-0.2, 0) is 10.1 Å². The van der Waals surface area contributed by atoms with Crippen LogP contribution in [0.1, 0.15) is 18.1 Å². The molecule has 0 unspecified atom stereocenters. The van der Waals surface area contributed by atoms with Gasteiger partial charge in [-0.05, 0) is 67.1 Å². The van der Waals surface area contributed by atoms with Crippen LogP contribution in [0.3, 0.4) is 0 Å². The highest BCUT2D eigenvalue weighted by Gasteiger charge is 2.19. The van der Waals surface area contributed by atoms with Gasteiger partial charge in [-0.25, -0.2) is 0 Å². The highest BCUT2D eigenvalue weighted by molar-refractivity contribution is 7.87. The number of rotatable bonds is 7. The van der Waals surface area contributed by atoms with E-state index >= 15 is 0 Å². The second-order valence-corrected chi connectivity index (χ2v) is 8.78. The molecule has 0 bridgehead atoms. The van der Waals surface area contributed by atoms with Crippen molar-refractivity contribution >= 4 is 32.8 Å². The fourth-order valence-electron chi connectivity index (χ4n) is 3.29. The number of hydrogen-bond donors (Lipinski definition) is 0. The summed E-state index contributed by atoms with van der Waals surface area (Å²) in [6.45, 7) is 4.42. The molecule has 4 aromatic carbocycles. The lowest BCUT2D eigenvalue weighted by atomic mass is 10.0. The smallest absolute Gasteiger partial charge is 0.339 e. The molecule has 0 saturated carbocycles. The first kappa shape index (κ1) is 21.6. The van der Waals surface area contributed by atoms with E-state index in [-0.39, 0.29) is 10.6 Å². The van der Waals surface area contributed by atoms with Gasteiger partial charge < -0.3 is 8.92 Å². The molecule has 0 saturated heterocycles. The molecular weight excluding hydrogens is 422 g/mol. The van der Waals surface area contributed by atoms with Gasteiger partial charge in [0, 0.05) is 11.8 Å². The van der Waals surface area contributed by atoms with Crippen LogP contribution in [0.4, 0.5) is 5.69 Å². The monoisotopic (exact) mass is 445 g/mol. The average molecular weight is 446 g/mol. The minimum atomic E-state index is -3.99. The maximum absolute atomic E-state index is 12.9. The van der Waals surface area contributed by atoms with E-state index in [1.54, 1.807) is 36.5 Å². The molecule has 0 spiro atoms. The lowest BCUT2D eigenvalue weighted by molar-refractivity contribution is 0.340. The molecule has 32 heavy (non-hydrogen) atoms. The van der Waals surface area contributed by atoms with E-state index < -0.39 is 10.1 Å². The number of hydrogen-bond acceptors (Lipinski definition) is 5. The van der Waals surface area contributed by atoms with Gasteiger partial charge in [0.2, 0.25) is 0 Å². The molecule has 0 aliphatic rings. The molecule has 0 N–H and O–H groups in total. The SMILES string of the molecule is CCOc1ccc(N=Cc2c(OS(=O)(=O)c3ccc(C)cc3)ccc3ccccc23)cc1. The summed E-state index contributed by atoms with van der Waals surface area (Å²) in [4.78, 5) is 4.65. The zero-order valence-electron chi connectivity index (χ0n) is 17.9. The van der Waals surface area contributed by atoms with Gasteiger partial charge in [-0.3, -0.25) is 4.99 Å². The largest absolute Gasteiger partial charge is 0.494 e. The van der Waals surface area contributed by atoms with Crippen molar-refractivity contribution in [2.24, 2.45) is 4.99 Å². The maximum atomic E-state index is 12.9. The normalized spacial score (nSPS) is 11.7. The Labute approximate surface area is 188 Å². The highest BCUT2D eigenvalue weighted by atomic mass is 32.2. The van der Waals surface area contributed by atoms with Crippen LogP contribution < -0.4 is 8.92 Å². The van der Waals surface area contributed by atoms with Gasteiger partial charge in [-0.2, -0.15) is 8.42 Å². The molecule has 162 valence electrons. The number of nitrogens with zero attached hydrogens (tertiary/aromatic N) is 1. The fraction of sp³-hybridized carbons (Fsp3) is 0.115. The van der Waals surface area contributed by atoms with Gasteiger partial charge in [0.25, 0.3) is 0 Å². The van der Waals surface area contributed by atoms with Crippen molar-refractivity contribution in [1.29, 1.82) is 0 Å². The van der Waals surface area contributed by atoms with Crippen LogP contribution in [0.2, 0.25) is 0 Å². The highest BCUT2D eigenvalue weighted by Crippen LogP contribution is 2.30. The van der Waals surface area contributed by atoms with Gasteiger partial charge in [0.05, 0.1) is 12.3 Å². The molecule has 0 aliphatic carbocycles. The van der Waals surface area contributed by atoms with E-state index in [2.05, 4.69) is 4.99 Å². The van der Waals surface area contributed by atoms with Crippen LogP contribution in [-0.4, -0.2) is 21.2 Å². The van der Waals surface area contributed by atoms with Crippen LogP contribution in [0.25, 0.3) is 10.8 Å². The molecule has 0 radical (unpaired) electrons. The van der Waals surface area contributed by atoms with E-state index in [1.807, 2.05) is 68.4 Å². The summed E-state index contributed by atoms with van der Waals surface area (Å²) in [6, 6.07) is 25.1. The lowest BCUT2D eigenvalue weighted by Gasteiger charge is -2.12. The summed E-state index contributed by atoms with van der Waals surface area (Å²) in [6.07, 6.45) is 1.64. The number of benzene rings is 4. The molecule has 0 aromatic heterocycles. The van der Waals surface area contributed by atoms with Gasteiger partial charge >= 0.3 is 10.1 Å². The Morgan fingerprint density at radius 3 is 2.31 bits per heavy atom. The molecule has 0 aliphatic heterocycles. The molecule has 4 rings (SSSR count). The first-order valence-corrected chi connectivity index (χ1v) is 11.7. The van der Waals surface area contributed by atoms with Crippen LogP contribution in [0.5, 0.6) is 11.5 Å². The average Bonchev–Trinajstić information content (AvgIpc) is 2.79. The molecule has 0 heterocycles. The van der Waals surface area contributed by atoms with Crippen LogP contribution >= 0.6 is 0 Å². The predicted octanol–water partition coefficient (Wildman–Crippen LogP) is 6.07. The van der Waals surface area contributed by atoms with Gasteiger partial charge in [-0.1, -0.05) is 48.0 Å². The Morgan fingerprint density at radius 1 is 0.875 bits per heavy atom. The van der Waals surface area contributed by atoms with E-state index in [0.29, 0.717) is 17.9 Å². The summed E-state index contributed by atoms with van der Waals surface area (Å²) in [5.41, 5.74) is 2.28. The zero-order chi connectivity index (χ0) is 22.6. The maximum Gasteiger partial charge on any atom is 0.339 e. The first-order valence-electron chi connectivity index (χ1n) is 10.3. The number of ether oxygens (including phenoxy) is 1. The van der Waals surface area contributed by atoms with E-state index in [4.69, 9.17) is 8.92 Å². The van der Waals surface area contributed by atoms with Gasteiger partial charge in [0.1, 0.15) is 10.6 Å². The number of aliphatic imine (C=N–C) groups is 1. The summed E-state index contributed by atoms with van der Waals surface area (Å²) >= 11 is 0. The second-order valence-electron chi connectivity index (χ2n) is 7.23. The molecule has 5 nitrogen and oxygen atoms in total. The van der Waals surface area contributed by atoms with Gasteiger partial charge in [0.15, 0.2) is 5.75 Å². The summed E-state index contributed by atoms with van der Waals surface area (Å²) in [5.74, 6) is 0.990. The Bertz CT molecular complexity index is 1360. The number of aryl methyl sites for hydroxylation is 1. The number of fused-ring (bicyclic) bond motifs is 1. The minimum absolute atomic E-state index is 0.102. The van der Waals surface area contributed by atoms with Crippen LogP contribution in [0.15, 0.2) is 94.8 Å². The summed E-state index contributed by atoms with van der Waals surface area (Å²) in [5, 5.41) is 1.81. The van der Waals surface area contributed by atoms with E-state index in [1.165, 1.54) is 0 Å². The minimum Gasteiger partial charge on any atom is -0.494 e. The molecule has 0 amide bonds. The zero-order valence-corrected chi connectivity index (χ0v) is 18.7. The van der Waals surface area contributed by atoms with Crippen molar-refractivity contribution in [2.45, 2.75) is 18.7 Å². The summed E-state index contributed by atoms with van der Waals surface area (Å²) < 4.78 is 36.8. The Kier molecular flexibility index (Phi) is 6.23. The van der Waals surface area contributed by atoms with Crippen molar-refractivity contribution in [2.75, 3.05) is 6.61 Å². The third-order valence-electron chi connectivity index (χ3n) is 4.93. The lowest BCUT2D eigenvalue weighted by Crippen LogP contribution is -2.11.